The lowest BCUT2D eigenvalue weighted by Crippen LogP contribution is -2.36. The molecule has 7 heteroatoms. The van der Waals surface area contributed by atoms with Crippen molar-refractivity contribution in [3.8, 4) is 5.75 Å². The van der Waals surface area contributed by atoms with Gasteiger partial charge >= 0.3 is 0 Å². The van der Waals surface area contributed by atoms with Crippen LogP contribution in [0.4, 0.5) is 0 Å². The largest absolute Gasteiger partial charge is 0.488 e. The maximum atomic E-state index is 6.02. The van der Waals surface area contributed by atoms with Gasteiger partial charge in [-0.05, 0) is 30.4 Å². The molecule has 0 amide bonds. The molecular formula is C12H11Cl2N3OS. The highest BCUT2D eigenvalue weighted by molar-refractivity contribution is 7.80. The van der Waals surface area contributed by atoms with Crippen LogP contribution in [0.5, 0.6) is 5.75 Å². The summed E-state index contributed by atoms with van der Waals surface area (Å²) in [5, 5.41) is 9.38. The molecule has 1 unspecified atom stereocenters. The van der Waals surface area contributed by atoms with E-state index >= 15 is 0 Å². The van der Waals surface area contributed by atoms with E-state index in [2.05, 4.69) is 16.8 Å². The monoisotopic (exact) mass is 315 g/mol. The number of nitrogens with zero attached hydrogens (tertiary/aromatic N) is 3. The lowest BCUT2D eigenvalue weighted by atomic mass is 10.3. The van der Waals surface area contributed by atoms with Crippen molar-refractivity contribution in [1.29, 1.82) is 0 Å². The number of benzene rings is 1. The predicted molar refractivity (Wildman–Crippen MR) is 80.1 cm³/mol. The van der Waals surface area contributed by atoms with Gasteiger partial charge in [0.05, 0.1) is 5.02 Å². The van der Waals surface area contributed by atoms with Crippen LogP contribution < -0.4 is 4.74 Å². The van der Waals surface area contributed by atoms with Crippen LogP contribution in [0, 0.1) is 0 Å². The summed E-state index contributed by atoms with van der Waals surface area (Å²) in [4.78, 5) is 1.83. The molecule has 100 valence electrons. The van der Waals surface area contributed by atoms with Gasteiger partial charge in [0.15, 0.2) is 6.17 Å². The number of ether oxygens (including phenoxy) is 1. The number of halogens is 2. The summed E-state index contributed by atoms with van der Waals surface area (Å²) in [6.45, 7) is 4.56. The lowest BCUT2D eigenvalue weighted by Gasteiger charge is -2.21. The molecule has 0 saturated heterocycles. The van der Waals surface area contributed by atoms with Crippen molar-refractivity contribution in [3.63, 3.8) is 0 Å². The predicted octanol–water partition coefficient (Wildman–Crippen LogP) is 3.94. The molecule has 0 radical (unpaired) electrons. The number of hydrogen-bond donors (Lipinski definition) is 0. The van der Waals surface area contributed by atoms with Crippen LogP contribution in [-0.2, 0) is 0 Å². The molecule has 0 saturated carbocycles. The van der Waals surface area contributed by atoms with Crippen LogP contribution in [0.3, 0.4) is 0 Å². The Kier molecular flexibility index (Phi) is 4.74. The summed E-state index contributed by atoms with van der Waals surface area (Å²) < 4.78 is 5.62. The molecule has 1 heterocycles. The number of hydrogen-bond acceptors (Lipinski definition) is 3. The Morgan fingerprint density at radius 2 is 2.26 bits per heavy atom. The number of azo groups is 1. The standard InChI is InChI=1S/C12H11Cl2N3OS/c1-2-5-17-11(15-16-12(17)19)7-18-10-4-3-8(13)6-9(10)14/h2-4,6,11H,1,5,7H2. The Bertz CT molecular complexity index is 536. The molecule has 4 nitrogen and oxygen atoms in total. The Hall–Kier alpha value is -1.17. The SMILES string of the molecule is C=CCN1C(=S)N=NC1COc1ccc(Cl)cc1Cl. The van der Waals surface area contributed by atoms with E-state index in [1.807, 2.05) is 4.90 Å². The fraction of sp³-hybridized carbons (Fsp3) is 0.250. The first kappa shape index (κ1) is 14.2. The van der Waals surface area contributed by atoms with Crippen molar-refractivity contribution >= 4 is 40.5 Å². The summed E-state index contributed by atoms with van der Waals surface area (Å²) in [5.74, 6) is 0.553. The van der Waals surface area contributed by atoms with Crippen LogP contribution in [0.1, 0.15) is 0 Å². The molecule has 0 spiro atoms. The molecule has 0 aromatic heterocycles. The zero-order valence-electron chi connectivity index (χ0n) is 9.92. The smallest absolute Gasteiger partial charge is 0.218 e. The molecule has 0 bridgehead atoms. The Labute approximate surface area is 126 Å². The van der Waals surface area contributed by atoms with Gasteiger partial charge in [-0.2, -0.15) is 5.11 Å². The molecule has 19 heavy (non-hydrogen) atoms. The van der Waals surface area contributed by atoms with Crippen molar-refractivity contribution in [2.24, 2.45) is 10.2 Å². The molecular weight excluding hydrogens is 305 g/mol. The van der Waals surface area contributed by atoms with E-state index in [-0.39, 0.29) is 6.17 Å². The first-order valence-corrected chi connectivity index (χ1v) is 6.68. The van der Waals surface area contributed by atoms with Gasteiger partial charge in [0.25, 0.3) is 0 Å². The van der Waals surface area contributed by atoms with E-state index in [1.54, 1.807) is 24.3 Å². The van der Waals surface area contributed by atoms with Gasteiger partial charge in [-0.3, -0.25) is 0 Å². The van der Waals surface area contributed by atoms with Crippen LogP contribution in [0.15, 0.2) is 41.1 Å². The lowest BCUT2D eigenvalue weighted by molar-refractivity contribution is 0.220. The summed E-state index contributed by atoms with van der Waals surface area (Å²) in [6, 6.07) is 5.05. The quantitative estimate of drug-likeness (QED) is 0.610. The second-order valence-electron chi connectivity index (χ2n) is 3.81. The molecule has 1 aliphatic heterocycles. The highest BCUT2D eigenvalue weighted by atomic mass is 35.5. The fourth-order valence-electron chi connectivity index (χ4n) is 1.58. The third-order valence-corrected chi connectivity index (χ3v) is 3.34. The van der Waals surface area contributed by atoms with Crippen molar-refractivity contribution in [1.82, 2.24) is 4.90 Å². The van der Waals surface area contributed by atoms with Crippen molar-refractivity contribution in [2.45, 2.75) is 6.17 Å². The van der Waals surface area contributed by atoms with Crippen LogP contribution in [-0.4, -0.2) is 29.3 Å². The fourth-order valence-corrected chi connectivity index (χ4v) is 2.29. The maximum absolute atomic E-state index is 6.02. The molecule has 0 fully saturated rings. The second-order valence-corrected chi connectivity index (χ2v) is 5.01. The average molecular weight is 316 g/mol. The first-order chi connectivity index (χ1) is 9.11. The van der Waals surface area contributed by atoms with Gasteiger partial charge in [-0.25, -0.2) is 0 Å². The van der Waals surface area contributed by atoms with E-state index in [0.29, 0.717) is 34.1 Å². The highest BCUT2D eigenvalue weighted by Gasteiger charge is 2.26. The van der Waals surface area contributed by atoms with E-state index in [1.165, 1.54) is 0 Å². The van der Waals surface area contributed by atoms with Gasteiger partial charge in [0, 0.05) is 11.6 Å². The Balaban J connectivity index is 2.00. The number of rotatable bonds is 5. The van der Waals surface area contributed by atoms with Gasteiger partial charge in [-0.1, -0.05) is 29.3 Å². The van der Waals surface area contributed by atoms with Crippen molar-refractivity contribution in [2.75, 3.05) is 13.2 Å². The zero-order valence-corrected chi connectivity index (χ0v) is 12.3. The van der Waals surface area contributed by atoms with E-state index in [4.69, 9.17) is 40.2 Å². The van der Waals surface area contributed by atoms with Crippen LogP contribution >= 0.6 is 35.4 Å². The molecule has 1 atom stereocenters. The van der Waals surface area contributed by atoms with Crippen LogP contribution in [0.2, 0.25) is 10.0 Å². The van der Waals surface area contributed by atoms with E-state index in [0.717, 1.165) is 0 Å². The second kappa shape index (κ2) is 6.32. The normalized spacial score (nSPS) is 17.9. The highest BCUT2D eigenvalue weighted by Crippen LogP contribution is 2.28. The summed E-state index contributed by atoms with van der Waals surface area (Å²) >= 11 is 16.9. The molecule has 0 aliphatic carbocycles. The summed E-state index contributed by atoms with van der Waals surface area (Å²) in [5.41, 5.74) is 0. The summed E-state index contributed by atoms with van der Waals surface area (Å²) in [6.07, 6.45) is 1.49. The average Bonchev–Trinajstić information content (AvgIpc) is 2.71. The molecule has 1 aromatic carbocycles. The molecule has 1 aliphatic rings. The minimum Gasteiger partial charge on any atom is -0.488 e. The first-order valence-electron chi connectivity index (χ1n) is 5.52. The Morgan fingerprint density at radius 3 is 2.95 bits per heavy atom. The van der Waals surface area contributed by atoms with Crippen molar-refractivity contribution < 1.29 is 4.74 Å². The maximum Gasteiger partial charge on any atom is 0.218 e. The minimum absolute atomic E-state index is 0.253. The summed E-state index contributed by atoms with van der Waals surface area (Å²) in [7, 11) is 0. The Morgan fingerprint density at radius 1 is 1.47 bits per heavy atom. The van der Waals surface area contributed by atoms with Crippen LogP contribution in [0.25, 0.3) is 0 Å². The topological polar surface area (TPSA) is 37.2 Å². The van der Waals surface area contributed by atoms with Crippen molar-refractivity contribution in [3.05, 3.63) is 40.9 Å². The van der Waals surface area contributed by atoms with Gasteiger partial charge < -0.3 is 9.64 Å². The molecule has 0 N–H and O–H groups in total. The van der Waals surface area contributed by atoms with E-state index in [9.17, 15) is 0 Å². The molecule has 2 rings (SSSR count). The van der Waals surface area contributed by atoms with E-state index < -0.39 is 0 Å². The van der Waals surface area contributed by atoms with Gasteiger partial charge in [0.1, 0.15) is 12.4 Å². The third-order valence-electron chi connectivity index (χ3n) is 2.49. The van der Waals surface area contributed by atoms with Gasteiger partial charge in [-0.15, -0.1) is 11.7 Å². The third kappa shape index (κ3) is 3.43. The van der Waals surface area contributed by atoms with Gasteiger partial charge in [0.2, 0.25) is 5.11 Å². The molecule has 1 aromatic rings. The minimum atomic E-state index is -0.253. The number of thiocarbonyl (C=S) groups is 1. The zero-order chi connectivity index (χ0) is 13.8.